The van der Waals surface area contributed by atoms with Crippen molar-refractivity contribution in [3.8, 4) is 0 Å². The minimum atomic E-state index is -0.850. The van der Waals surface area contributed by atoms with Crippen LogP contribution in [0, 0.1) is 11.6 Å². The van der Waals surface area contributed by atoms with Gasteiger partial charge in [0, 0.05) is 25.4 Å². The molecule has 1 heterocycles. The van der Waals surface area contributed by atoms with E-state index in [2.05, 4.69) is 20.6 Å². The third-order valence-electron chi connectivity index (χ3n) is 2.91. The number of rotatable bonds is 6. The molecule has 0 fully saturated rings. The Morgan fingerprint density at radius 2 is 2.04 bits per heavy atom. The number of hydrogen-bond donors (Lipinski definition) is 2. The molecule has 1 aromatic carbocycles. The van der Waals surface area contributed by atoms with Gasteiger partial charge in [-0.15, -0.1) is 0 Å². The van der Waals surface area contributed by atoms with Crippen molar-refractivity contribution >= 4 is 17.5 Å². The zero-order valence-electron chi connectivity index (χ0n) is 12.8. The lowest BCUT2D eigenvalue weighted by atomic mass is 10.3. The molecular weight excluding hydrogens is 304 g/mol. The van der Waals surface area contributed by atoms with Crippen LogP contribution in [0.1, 0.15) is 10.5 Å². The van der Waals surface area contributed by atoms with Crippen molar-refractivity contribution in [1.29, 1.82) is 0 Å². The number of nitrogens with zero attached hydrogens (tertiary/aromatic N) is 3. The first kappa shape index (κ1) is 16.8. The monoisotopic (exact) mass is 321 g/mol. The summed E-state index contributed by atoms with van der Waals surface area (Å²) in [6.45, 7) is 1.39. The van der Waals surface area contributed by atoms with Gasteiger partial charge in [-0.25, -0.2) is 18.7 Å². The van der Waals surface area contributed by atoms with Gasteiger partial charge in [-0.3, -0.25) is 4.79 Å². The Kier molecular flexibility index (Phi) is 5.53. The Labute approximate surface area is 132 Å². The summed E-state index contributed by atoms with van der Waals surface area (Å²) in [6.07, 6.45) is 1.43. The second-order valence-corrected chi connectivity index (χ2v) is 5.07. The Morgan fingerprint density at radius 3 is 2.74 bits per heavy atom. The highest BCUT2D eigenvalue weighted by Gasteiger charge is 2.12. The van der Waals surface area contributed by atoms with Gasteiger partial charge in [-0.1, -0.05) is 0 Å². The Bertz CT molecular complexity index is 693. The number of halogens is 2. The van der Waals surface area contributed by atoms with Gasteiger partial charge >= 0.3 is 0 Å². The second-order valence-electron chi connectivity index (χ2n) is 5.07. The van der Waals surface area contributed by atoms with E-state index in [4.69, 9.17) is 0 Å². The molecule has 8 heteroatoms. The highest BCUT2D eigenvalue weighted by molar-refractivity contribution is 6.03. The maximum atomic E-state index is 13.5. The standard InChI is InChI=1S/C15H17F2N5O/c1-22(2)8-7-19-15-18-6-5-13(21-15)14(23)20-12-4-3-10(16)9-11(12)17/h3-6,9H,7-8H2,1-2H3,(H,20,23)(H,18,19,21). The molecule has 0 atom stereocenters. The average Bonchev–Trinajstić information content (AvgIpc) is 2.50. The Balaban J connectivity index is 2.04. The van der Waals surface area contributed by atoms with Crippen LogP contribution in [0.25, 0.3) is 0 Å². The minimum absolute atomic E-state index is 0.0797. The van der Waals surface area contributed by atoms with E-state index in [0.29, 0.717) is 18.6 Å². The first-order valence-corrected chi connectivity index (χ1v) is 6.94. The molecule has 0 saturated heterocycles. The number of hydrogen-bond acceptors (Lipinski definition) is 5. The summed E-state index contributed by atoms with van der Waals surface area (Å²) in [6, 6.07) is 4.32. The number of nitrogens with one attached hydrogen (secondary N) is 2. The van der Waals surface area contributed by atoms with Crippen LogP contribution in [0.4, 0.5) is 20.4 Å². The lowest BCUT2D eigenvalue weighted by Crippen LogP contribution is -2.22. The fourth-order valence-corrected chi connectivity index (χ4v) is 1.74. The lowest BCUT2D eigenvalue weighted by Gasteiger charge is -2.11. The van der Waals surface area contributed by atoms with Crippen LogP contribution in [-0.2, 0) is 0 Å². The summed E-state index contributed by atoms with van der Waals surface area (Å²) in [5, 5.41) is 5.33. The largest absolute Gasteiger partial charge is 0.353 e. The maximum absolute atomic E-state index is 13.5. The topological polar surface area (TPSA) is 70.2 Å². The van der Waals surface area contributed by atoms with Gasteiger partial charge in [0.25, 0.3) is 5.91 Å². The minimum Gasteiger partial charge on any atom is -0.353 e. The first-order chi connectivity index (χ1) is 11.0. The van der Waals surface area contributed by atoms with Crippen molar-refractivity contribution in [1.82, 2.24) is 14.9 Å². The van der Waals surface area contributed by atoms with Crippen LogP contribution in [0.2, 0.25) is 0 Å². The van der Waals surface area contributed by atoms with E-state index in [1.165, 1.54) is 12.3 Å². The third kappa shape index (κ3) is 4.96. The van der Waals surface area contributed by atoms with Crippen LogP contribution < -0.4 is 10.6 Å². The van der Waals surface area contributed by atoms with E-state index in [1.807, 2.05) is 19.0 Å². The average molecular weight is 321 g/mol. The molecule has 122 valence electrons. The summed E-state index contributed by atoms with van der Waals surface area (Å²) in [4.78, 5) is 22.1. The fourth-order valence-electron chi connectivity index (χ4n) is 1.74. The summed E-state index contributed by atoms with van der Waals surface area (Å²) >= 11 is 0. The highest BCUT2D eigenvalue weighted by atomic mass is 19.1. The van der Waals surface area contributed by atoms with Crippen molar-refractivity contribution in [2.24, 2.45) is 0 Å². The van der Waals surface area contributed by atoms with Crippen molar-refractivity contribution < 1.29 is 13.6 Å². The number of carbonyl (C=O) groups excluding carboxylic acids is 1. The predicted octanol–water partition coefficient (Wildman–Crippen LogP) is 1.98. The van der Waals surface area contributed by atoms with Crippen LogP contribution in [0.15, 0.2) is 30.5 Å². The smallest absolute Gasteiger partial charge is 0.274 e. The highest BCUT2D eigenvalue weighted by Crippen LogP contribution is 2.15. The number of benzene rings is 1. The van der Waals surface area contributed by atoms with E-state index in [0.717, 1.165) is 18.7 Å². The number of likely N-dealkylation sites (N-methyl/N-ethyl adjacent to an activating group) is 1. The van der Waals surface area contributed by atoms with E-state index in [1.54, 1.807) is 0 Å². The van der Waals surface area contributed by atoms with Crippen LogP contribution in [-0.4, -0.2) is 48.0 Å². The van der Waals surface area contributed by atoms with Crippen LogP contribution >= 0.6 is 0 Å². The number of carbonyl (C=O) groups is 1. The van der Waals surface area contributed by atoms with Gasteiger partial charge in [0.2, 0.25) is 5.95 Å². The van der Waals surface area contributed by atoms with E-state index < -0.39 is 17.5 Å². The summed E-state index contributed by atoms with van der Waals surface area (Å²) in [5.41, 5.74) is -0.0341. The Hall–Kier alpha value is -2.61. The molecule has 0 bridgehead atoms. The van der Waals surface area contributed by atoms with Gasteiger partial charge in [0.15, 0.2) is 0 Å². The second kappa shape index (κ2) is 7.59. The molecule has 0 saturated carbocycles. The van der Waals surface area contributed by atoms with Crippen molar-refractivity contribution in [3.05, 3.63) is 47.8 Å². The number of aromatic nitrogens is 2. The SMILES string of the molecule is CN(C)CCNc1nccc(C(=O)Nc2ccc(F)cc2F)n1. The molecule has 0 radical (unpaired) electrons. The summed E-state index contributed by atoms with van der Waals surface area (Å²) < 4.78 is 26.4. The maximum Gasteiger partial charge on any atom is 0.274 e. The zero-order chi connectivity index (χ0) is 16.8. The third-order valence-corrected chi connectivity index (χ3v) is 2.91. The molecule has 2 rings (SSSR count). The van der Waals surface area contributed by atoms with Gasteiger partial charge in [-0.2, -0.15) is 0 Å². The summed E-state index contributed by atoms with van der Waals surface area (Å²) in [7, 11) is 3.87. The van der Waals surface area contributed by atoms with Crippen LogP contribution in [0.5, 0.6) is 0 Å². The normalized spacial score (nSPS) is 10.7. The molecule has 2 aromatic rings. The van der Waals surface area contributed by atoms with Gasteiger partial charge < -0.3 is 15.5 Å². The van der Waals surface area contributed by atoms with Crippen LogP contribution in [0.3, 0.4) is 0 Å². The zero-order valence-corrected chi connectivity index (χ0v) is 12.8. The molecule has 0 aliphatic rings. The number of amides is 1. The van der Waals surface area contributed by atoms with Crippen molar-refractivity contribution in [2.45, 2.75) is 0 Å². The lowest BCUT2D eigenvalue weighted by molar-refractivity contribution is 0.102. The van der Waals surface area contributed by atoms with Gasteiger partial charge in [0.05, 0.1) is 5.69 Å². The molecule has 0 unspecified atom stereocenters. The molecule has 0 spiro atoms. The molecule has 1 aromatic heterocycles. The molecule has 0 aliphatic heterocycles. The van der Waals surface area contributed by atoms with Gasteiger partial charge in [-0.05, 0) is 32.3 Å². The van der Waals surface area contributed by atoms with E-state index >= 15 is 0 Å². The predicted molar refractivity (Wildman–Crippen MR) is 83.4 cm³/mol. The molecular formula is C15H17F2N5O. The molecule has 2 N–H and O–H groups in total. The quantitative estimate of drug-likeness (QED) is 0.851. The van der Waals surface area contributed by atoms with Crippen molar-refractivity contribution in [2.75, 3.05) is 37.8 Å². The fraction of sp³-hybridized carbons (Fsp3) is 0.267. The van der Waals surface area contributed by atoms with Crippen molar-refractivity contribution in [3.63, 3.8) is 0 Å². The Morgan fingerprint density at radius 1 is 1.26 bits per heavy atom. The number of anilines is 2. The molecule has 23 heavy (non-hydrogen) atoms. The molecule has 1 amide bonds. The van der Waals surface area contributed by atoms with E-state index in [9.17, 15) is 13.6 Å². The summed E-state index contributed by atoms with van der Waals surface area (Å²) in [5.74, 6) is -1.86. The molecule has 0 aliphatic carbocycles. The first-order valence-electron chi connectivity index (χ1n) is 6.94. The van der Waals surface area contributed by atoms with Gasteiger partial charge in [0.1, 0.15) is 17.3 Å². The van der Waals surface area contributed by atoms with E-state index in [-0.39, 0.29) is 11.4 Å². The molecule has 6 nitrogen and oxygen atoms in total.